The number of rotatable bonds is 2. The lowest BCUT2D eigenvalue weighted by molar-refractivity contribution is 0.292. The third kappa shape index (κ3) is 2.01. The van der Waals surface area contributed by atoms with Crippen molar-refractivity contribution in [3.05, 3.63) is 29.3 Å². The molecule has 72 valence electrons. The molecule has 0 aliphatic heterocycles. The molecule has 1 aromatic carbocycles. The van der Waals surface area contributed by atoms with Crippen LogP contribution in [0.3, 0.4) is 0 Å². The number of hydrogen-bond acceptors (Lipinski definition) is 4. The van der Waals surface area contributed by atoms with Crippen LogP contribution in [-0.4, -0.2) is 17.4 Å². The van der Waals surface area contributed by atoms with E-state index in [-0.39, 0.29) is 0 Å². The molecule has 14 heavy (non-hydrogen) atoms. The van der Waals surface area contributed by atoms with Crippen LogP contribution in [0, 0.1) is 0 Å². The molecule has 0 radical (unpaired) electrons. The lowest BCUT2D eigenvalue weighted by atomic mass is 10.2. The van der Waals surface area contributed by atoms with Crippen molar-refractivity contribution in [1.29, 1.82) is 0 Å². The summed E-state index contributed by atoms with van der Waals surface area (Å²) in [5, 5.41) is 19.2. The van der Waals surface area contributed by atoms with Crippen molar-refractivity contribution in [2.24, 2.45) is 0 Å². The van der Waals surface area contributed by atoms with Crippen LogP contribution in [0.25, 0.3) is 10.1 Å². The van der Waals surface area contributed by atoms with Crippen LogP contribution in [0.15, 0.2) is 24.3 Å². The number of hydrogen-bond donors (Lipinski definition) is 2. The Morgan fingerprint density at radius 2 is 2.07 bits per heavy atom. The summed E-state index contributed by atoms with van der Waals surface area (Å²) in [5.74, 6) is 0. The zero-order chi connectivity index (χ0) is 10.1. The molecule has 0 fully saturated rings. The third-order valence-corrected chi connectivity index (χ3v) is 2.92. The fourth-order valence-corrected chi connectivity index (χ4v) is 2.24. The molecule has 0 spiro atoms. The Morgan fingerprint density at radius 1 is 1.29 bits per heavy atom. The van der Waals surface area contributed by atoms with Gasteiger partial charge in [-0.25, -0.2) is 0 Å². The average Bonchev–Trinajstić information content (AvgIpc) is 2.44. The van der Waals surface area contributed by atoms with Crippen LogP contribution < -0.4 is 4.65 Å². The first-order chi connectivity index (χ1) is 6.65. The maximum absolute atomic E-state index is 8.60. The topological polar surface area (TPSA) is 49.7 Å². The maximum Gasteiger partial charge on any atom is 0.708 e. The van der Waals surface area contributed by atoms with Gasteiger partial charge in [0.1, 0.15) is 0 Å². The van der Waals surface area contributed by atoms with E-state index >= 15 is 0 Å². The van der Waals surface area contributed by atoms with Gasteiger partial charge in [-0.15, -0.1) is 11.3 Å². The summed E-state index contributed by atoms with van der Waals surface area (Å²) in [6.07, 6.45) is 0. The summed E-state index contributed by atoms with van der Waals surface area (Å²) in [4.78, 5) is 0. The van der Waals surface area contributed by atoms with Gasteiger partial charge in [-0.1, -0.05) is 11.6 Å². The molecule has 2 N–H and O–H groups in total. The van der Waals surface area contributed by atoms with Gasteiger partial charge in [0.15, 0.2) is 5.06 Å². The molecule has 0 saturated heterocycles. The number of benzene rings is 1. The second-order valence-electron chi connectivity index (χ2n) is 2.69. The highest BCUT2D eigenvalue weighted by Crippen LogP contribution is 2.33. The Balaban J connectivity index is 2.41. The van der Waals surface area contributed by atoms with Crippen molar-refractivity contribution in [3.63, 3.8) is 0 Å². The summed E-state index contributed by atoms with van der Waals surface area (Å²) in [7, 11) is -1.78. The molecule has 2 rings (SSSR count). The van der Waals surface area contributed by atoms with Gasteiger partial charge in [0.2, 0.25) is 0 Å². The fraction of sp³-hybridized carbons (Fsp3) is 0. The van der Waals surface area contributed by atoms with Crippen LogP contribution in [0.4, 0.5) is 0 Å². The Morgan fingerprint density at radius 3 is 2.79 bits per heavy atom. The number of fused-ring (bicyclic) bond motifs is 1. The molecule has 0 aliphatic rings. The molecule has 0 unspecified atom stereocenters. The standard InChI is InChI=1S/C8H6BClO3S/c10-6-1-2-7-5(3-6)4-8(14-7)13-9(11)12/h1-4,11-12H. The highest BCUT2D eigenvalue weighted by molar-refractivity contribution is 7.20. The SMILES string of the molecule is OB(O)Oc1cc2cc(Cl)ccc2s1. The van der Waals surface area contributed by atoms with Crippen molar-refractivity contribution in [3.8, 4) is 5.06 Å². The number of halogens is 1. The van der Waals surface area contributed by atoms with E-state index in [4.69, 9.17) is 26.3 Å². The molecule has 0 aliphatic carbocycles. The van der Waals surface area contributed by atoms with Gasteiger partial charge in [0.25, 0.3) is 0 Å². The largest absolute Gasteiger partial charge is 0.708 e. The van der Waals surface area contributed by atoms with E-state index < -0.39 is 7.32 Å². The normalized spacial score (nSPS) is 10.5. The second-order valence-corrected chi connectivity index (χ2v) is 4.17. The minimum atomic E-state index is -1.78. The quantitative estimate of drug-likeness (QED) is 0.772. The van der Waals surface area contributed by atoms with E-state index in [9.17, 15) is 0 Å². The van der Waals surface area contributed by atoms with Gasteiger partial charge < -0.3 is 14.7 Å². The molecule has 1 aromatic heterocycles. The third-order valence-electron chi connectivity index (χ3n) is 1.68. The van der Waals surface area contributed by atoms with Crippen molar-refractivity contribution in [1.82, 2.24) is 0 Å². The lowest BCUT2D eigenvalue weighted by Crippen LogP contribution is -2.19. The van der Waals surface area contributed by atoms with Crippen molar-refractivity contribution in [2.75, 3.05) is 0 Å². The molecule has 2 aromatic rings. The lowest BCUT2D eigenvalue weighted by Gasteiger charge is -1.97. The number of thiophene rings is 1. The summed E-state index contributed by atoms with van der Waals surface area (Å²) in [6, 6.07) is 7.15. The Labute approximate surface area is 89.7 Å². The Kier molecular flexibility index (Phi) is 2.65. The highest BCUT2D eigenvalue weighted by atomic mass is 35.5. The van der Waals surface area contributed by atoms with E-state index in [0.29, 0.717) is 10.1 Å². The van der Waals surface area contributed by atoms with Gasteiger partial charge in [-0.3, -0.25) is 0 Å². The molecule has 0 bridgehead atoms. The molecule has 0 atom stereocenters. The van der Waals surface area contributed by atoms with Crippen molar-refractivity contribution >= 4 is 40.3 Å². The molecular weight excluding hydrogens is 222 g/mol. The van der Waals surface area contributed by atoms with E-state index in [1.54, 1.807) is 18.2 Å². The smallest absolute Gasteiger partial charge is 0.504 e. The molecular formula is C8H6BClO3S. The molecule has 0 saturated carbocycles. The zero-order valence-corrected chi connectivity index (χ0v) is 8.55. The van der Waals surface area contributed by atoms with Gasteiger partial charge in [-0.2, -0.15) is 0 Å². The van der Waals surface area contributed by atoms with E-state index in [1.165, 1.54) is 11.3 Å². The molecule has 3 nitrogen and oxygen atoms in total. The molecule has 6 heteroatoms. The van der Waals surface area contributed by atoms with Crippen LogP contribution in [0.5, 0.6) is 5.06 Å². The fourth-order valence-electron chi connectivity index (χ4n) is 1.15. The summed E-state index contributed by atoms with van der Waals surface area (Å²) >= 11 is 7.13. The van der Waals surface area contributed by atoms with Crippen molar-refractivity contribution in [2.45, 2.75) is 0 Å². The highest BCUT2D eigenvalue weighted by Gasteiger charge is 2.13. The predicted octanol–water partition coefficient (Wildman–Crippen LogP) is 1.90. The first-order valence-corrected chi connectivity index (χ1v) is 5.06. The Bertz CT molecular complexity index is 457. The predicted molar refractivity (Wildman–Crippen MR) is 57.7 cm³/mol. The van der Waals surface area contributed by atoms with E-state index in [0.717, 1.165) is 10.1 Å². The van der Waals surface area contributed by atoms with Crippen LogP contribution in [0.1, 0.15) is 0 Å². The second kappa shape index (κ2) is 3.78. The van der Waals surface area contributed by atoms with E-state index in [2.05, 4.69) is 0 Å². The van der Waals surface area contributed by atoms with Crippen molar-refractivity contribution < 1.29 is 14.7 Å². The molecule has 0 amide bonds. The first kappa shape index (κ1) is 9.80. The maximum atomic E-state index is 8.60. The monoisotopic (exact) mass is 228 g/mol. The summed E-state index contributed by atoms with van der Waals surface area (Å²) in [6.45, 7) is 0. The summed E-state index contributed by atoms with van der Waals surface area (Å²) < 4.78 is 5.72. The molecule has 1 heterocycles. The minimum absolute atomic E-state index is 0.456. The first-order valence-electron chi connectivity index (χ1n) is 3.87. The zero-order valence-electron chi connectivity index (χ0n) is 6.98. The van der Waals surface area contributed by atoms with Crippen LogP contribution in [-0.2, 0) is 0 Å². The minimum Gasteiger partial charge on any atom is -0.504 e. The Hall–Kier alpha value is -0.745. The summed E-state index contributed by atoms with van der Waals surface area (Å²) in [5.41, 5.74) is 0. The van der Waals surface area contributed by atoms with Gasteiger partial charge in [-0.05, 0) is 29.7 Å². The average molecular weight is 228 g/mol. The van der Waals surface area contributed by atoms with Crippen LogP contribution in [0.2, 0.25) is 5.02 Å². The van der Waals surface area contributed by atoms with E-state index in [1.807, 2.05) is 6.07 Å². The van der Waals surface area contributed by atoms with Gasteiger partial charge in [0.05, 0.1) is 0 Å². The van der Waals surface area contributed by atoms with Gasteiger partial charge in [0, 0.05) is 9.72 Å². The van der Waals surface area contributed by atoms with Gasteiger partial charge >= 0.3 is 7.32 Å². The van der Waals surface area contributed by atoms with Crippen LogP contribution >= 0.6 is 22.9 Å².